The van der Waals surface area contributed by atoms with Crippen LogP contribution in [0.1, 0.15) is 29.2 Å². The zero-order valence-electron chi connectivity index (χ0n) is 16.5. The summed E-state index contributed by atoms with van der Waals surface area (Å²) in [6.07, 6.45) is -19.6. The number of hydrogen-bond acceptors (Lipinski definition) is 0. The fraction of sp³-hybridized carbons (Fsp3) is 0.400. The van der Waals surface area contributed by atoms with Crippen LogP contribution >= 0.6 is 0 Å². The minimum atomic E-state index is -7.08. The molecule has 0 aliphatic carbocycles. The molecule has 0 aliphatic heterocycles. The summed E-state index contributed by atoms with van der Waals surface area (Å²) in [5, 5.41) is 0. The Kier molecular flexibility index (Phi) is 6.56. The quantitative estimate of drug-likeness (QED) is 0.371. The first-order valence-corrected chi connectivity index (χ1v) is 8.91. The van der Waals surface area contributed by atoms with Crippen LogP contribution in [-0.2, 0) is 18.3 Å². The zero-order valence-corrected chi connectivity index (χ0v) is 16.5. The van der Waals surface area contributed by atoms with Crippen molar-refractivity contribution in [2.45, 2.75) is 50.4 Å². The Morgan fingerprint density at radius 2 is 1.27 bits per heavy atom. The number of rotatable bonds is 4. The van der Waals surface area contributed by atoms with Crippen LogP contribution in [-0.4, -0.2) is 18.3 Å². The van der Waals surface area contributed by atoms with E-state index in [1.807, 2.05) is 0 Å². The van der Waals surface area contributed by atoms with Crippen molar-refractivity contribution in [2.24, 2.45) is 0 Å². The SMILES string of the molecule is CCc1cc(C)cc(C(F)(C(F)(F)F)C(F)(F)C(F)(F)F)c1-c1cc(C(F)(F)F)ccc1F. The van der Waals surface area contributed by atoms with Crippen molar-refractivity contribution in [3.8, 4) is 11.1 Å². The first-order valence-electron chi connectivity index (χ1n) is 8.91. The lowest BCUT2D eigenvalue weighted by Gasteiger charge is -2.38. The summed E-state index contributed by atoms with van der Waals surface area (Å²) in [4.78, 5) is 0. The van der Waals surface area contributed by atoms with E-state index in [9.17, 15) is 52.7 Å². The molecule has 0 heterocycles. The molecule has 1 atom stereocenters. The van der Waals surface area contributed by atoms with Gasteiger partial charge in [0.2, 0.25) is 0 Å². The monoisotopic (exact) mass is 500 g/mol. The molecule has 0 amide bonds. The minimum Gasteiger partial charge on any atom is -0.221 e. The summed E-state index contributed by atoms with van der Waals surface area (Å²) in [6, 6.07) is 1.14. The fourth-order valence-corrected chi connectivity index (χ4v) is 3.32. The molecule has 0 spiro atoms. The van der Waals surface area contributed by atoms with Gasteiger partial charge in [0.1, 0.15) is 5.82 Å². The van der Waals surface area contributed by atoms with Gasteiger partial charge in [-0.3, -0.25) is 0 Å². The van der Waals surface area contributed by atoms with E-state index in [0.29, 0.717) is 0 Å². The summed E-state index contributed by atoms with van der Waals surface area (Å²) in [5.74, 6) is -8.77. The third kappa shape index (κ3) is 4.37. The van der Waals surface area contributed by atoms with Crippen LogP contribution in [0.5, 0.6) is 0 Å². The van der Waals surface area contributed by atoms with Crippen LogP contribution in [0.2, 0.25) is 0 Å². The van der Waals surface area contributed by atoms with Crippen molar-refractivity contribution >= 4 is 0 Å². The molecule has 0 radical (unpaired) electrons. The van der Waals surface area contributed by atoms with Crippen molar-refractivity contribution in [1.82, 2.24) is 0 Å². The number of halogens is 13. The van der Waals surface area contributed by atoms with Gasteiger partial charge in [0.25, 0.3) is 0 Å². The molecule has 0 saturated heterocycles. The van der Waals surface area contributed by atoms with Crippen LogP contribution in [0.4, 0.5) is 57.1 Å². The average molecular weight is 500 g/mol. The smallest absolute Gasteiger partial charge is 0.221 e. The molecule has 2 rings (SSSR count). The molecule has 0 saturated carbocycles. The molecule has 0 N–H and O–H groups in total. The topological polar surface area (TPSA) is 0 Å². The maximum Gasteiger partial charge on any atom is 0.457 e. The highest BCUT2D eigenvalue weighted by Crippen LogP contribution is 2.60. The third-order valence-corrected chi connectivity index (χ3v) is 4.86. The van der Waals surface area contributed by atoms with Crippen molar-refractivity contribution in [1.29, 1.82) is 0 Å². The van der Waals surface area contributed by atoms with Gasteiger partial charge >= 0.3 is 30.1 Å². The van der Waals surface area contributed by atoms with Crippen LogP contribution in [0.15, 0.2) is 30.3 Å². The Balaban J connectivity index is 3.14. The van der Waals surface area contributed by atoms with Gasteiger partial charge in [-0.25, -0.2) is 8.78 Å². The number of alkyl halides is 12. The lowest BCUT2D eigenvalue weighted by molar-refractivity contribution is -0.389. The molecule has 0 fully saturated rings. The normalized spacial score (nSPS) is 15.5. The molecule has 0 bridgehead atoms. The Morgan fingerprint density at radius 3 is 1.70 bits per heavy atom. The van der Waals surface area contributed by atoms with Crippen molar-refractivity contribution in [2.75, 3.05) is 0 Å². The molecule has 0 aromatic heterocycles. The fourth-order valence-electron chi connectivity index (χ4n) is 3.32. The molecule has 184 valence electrons. The van der Waals surface area contributed by atoms with E-state index in [0.717, 1.165) is 19.9 Å². The molecular formula is C20H13F13. The lowest BCUT2D eigenvalue weighted by Crippen LogP contribution is -2.60. The Morgan fingerprint density at radius 1 is 0.727 bits per heavy atom. The van der Waals surface area contributed by atoms with E-state index in [2.05, 4.69) is 0 Å². The average Bonchev–Trinajstić information content (AvgIpc) is 2.64. The molecule has 33 heavy (non-hydrogen) atoms. The summed E-state index contributed by atoms with van der Waals surface area (Å²) < 4.78 is 177. The Labute approximate surface area is 178 Å². The van der Waals surface area contributed by atoms with Gasteiger partial charge in [0, 0.05) is 11.1 Å². The first kappa shape index (κ1) is 26.8. The van der Waals surface area contributed by atoms with E-state index in [1.165, 1.54) is 0 Å². The molecule has 1 unspecified atom stereocenters. The standard InChI is InChI=1S/C20H13F13/c1-3-10-6-9(2)7-13(16(22,19(28,29)30)18(26,27)20(31,32)33)15(10)12-8-11(17(23,24)25)4-5-14(12)21/h4-8H,3H2,1-2H3. The highest BCUT2D eigenvalue weighted by atomic mass is 19.4. The number of aryl methyl sites for hydroxylation is 2. The molecule has 2 aromatic rings. The van der Waals surface area contributed by atoms with E-state index < -0.39 is 75.7 Å². The Hall–Kier alpha value is -2.47. The number of hydrogen-bond donors (Lipinski definition) is 0. The van der Waals surface area contributed by atoms with Gasteiger partial charge in [0.05, 0.1) is 5.56 Å². The third-order valence-electron chi connectivity index (χ3n) is 4.86. The highest BCUT2D eigenvalue weighted by molar-refractivity contribution is 5.75. The van der Waals surface area contributed by atoms with Gasteiger partial charge in [-0.2, -0.15) is 48.3 Å². The molecule has 2 aromatic carbocycles. The summed E-state index contributed by atoms with van der Waals surface area (Å²) in [5.41, 5.74) is -14.3. The molecule has 0 nitrogen and oxygen atoms in total. The first-order chi connectivity index (χ1) is 14.7. The van der Waals surface area contributed by atoms with Crippen LogP contribution < -0.4 is 0 Å². The van der Waals surface area contributed by atoms with Gasteiger partial charge < -0.3 is 0 Å². The second-order valence-corrected chi connectivity index (χ2v) is 7.12. The summed E-state index contributed by atoms with van der Waals surface area (Å²) in [7, 11) is 0. The minimum absolute atomic E-state index is 0.0126. The Bertz CT molecular complexity index is 1030. The maximum absolute atomic E-state index is 15.3. The van der Waals surface area contributed by atoms with Crippen molar-refractivity contribution in [3.63, 3.8) is 0 Å². The van der Waals surface area contributed by atoms with E-state index in [1.54, 1.807) is 0 Å². The van der Waals surface area contributed by atoms with Gasteiger partial charge in [-0.15, -0.1) is 0 Å². The van der Waals surface area contributed by atoms with Crippen LogP contribution in [0.25, 0.3) is 11.1 Å². The number of benzene rings is 2. The van der Waals surface area contributed by atoms with Gasteiger partial charge in [-0.05, 0) is 42.7 Å². The predicted octanol–water partition coefficient (Wildman–Crippen LogP) is 8.31. The predicted molar refractivity (Wildman–Crippen MR) is 90.8 cm³/mol. The zero-order chi connectivity index (χ0) is 25.8. The van der Waals surface area contributed by atoms with Crippen LogP contribution in [0.3, 0.4) is 0 Å². The van der Waals surface area contributed by atoms with Crippen molar-refractivity contribution < 1.29 is 57.1 Å². The van der Waals surface area contributed by atoms with E-state index in [4.69, 9.17) is 0 Å². The highest BCUT2D eigenvalue weighted by Gasteiger charge is 2.82. The van der Waals surface area contributed by atoms with E-state index in [-0.39, 0.29) is 24.3 Å². The van der Waals surface area contributed by atoms with E-state index >= 15 is 4.39 Å². The lowest BCUT2D eigenvalue weighted by atomic mass is 9.79. The summed E-state index contributed by atoms with van der Waals surface area (Å²) in [6.45, 7) is 2.10. The molecule has 0 aliphatic rings. The largest absolute Gasteiger partial charge is 0.457 e. The van der Waals surface area contributed by atoms with Crippen molar-refractivity contribution in [3.05, 3.63) is 58.4 Å². The maximum atomic E-state index is 15.3. The van der Waals surface area contributed by atoms with Crippen LogP contribution in [0, 0.1) is 12.7 Å². The summed E-state index contributed by atoms with van der Waals surface area (Å²) >= 11 is 0. The molecular weight excluding hydrogens is 487 g/mol. The molecule has 13 heteroatoms. The second kappa shape index (κ2) is 8.08. The second-order valence-electron chi connectivity index (χ2n) is 7.12. The van der Waals surface area contributed by atoms with Gasteiger partial charge in [-0.1, -0.05) is 24.6 Å². The van der Waals surface area contributed by atoms with Gasteiger partial charge in [0.15, 0.2) is 0 Å².